The smallest absolute Gasteiger partial charge is 0.226 e. The largest absolute Gasteiger partial charge is 0.425 e. The van der Waals surface area contributed by atoms with E-state index in [0.29, 0.717) is 29.2 Å². The summed E-state index contributed by atoms with van der Waals surface area (Å²) in [6, 6.07) is 6.34. The summed E-state index contributed by atoms with van der Waals surface area (Å²) in [5.41, 5.74) is 0.979. The summed E-state index contributed by atoms with van der Waals surface area (Å²) in [5.74, 6) is 1.44. The number of thioether (sulfide) groups is 1. The molecule has 1 N–H and O–H groups in total. The Labute approximate surface area is 134 Å². The van der Waals surface area contributed by atoms with Crippen molar-refractivity contribution in [3.8, 4) is 0 Å². The van der Waals surface area contributed by atoms with Gasteiger partial charge in [-0.25, -0.2) is 4.39 Å². The van der Waals surface area contributed by atoms with Crippen LogP contribution in [0.25, 0.3) is 0 Å². The van der Waals surface area contributed by atoms with Crippen LogP contribution in [0.1, 0.15) is 17.3 Å². The van der Waals surface area contributed by atoms with Crippen LogP contribution in [0.2, 0.25) is 0 Å². The summed E-state index contributed by atoms with van der Waals surface area (Å²) < 4.78 is 18.9. The van der Waals surface area contributed by atoms with Crippen molar-refractivity contribution in [2.45, 2.75) is 23.6 Å². The highest BCUT2D eigenvalue weighted by molar-refractivity contribution is 8.00. The molecular weight excluding hydrogens is 325 g/mol. The van der Waals surface area contributed by atoms with Gasteiger partial charge in [-0.3, -0.25) is 0 Å². The van der Waals surface area contributed by atoms with Crippen molar-refractivity contribution in [1.82, 2.24) is 20.4 Å². The molecular formula is C13H12FN5OS2. The molecule has 0 bridgehead atoms. The van der Waals surface area contributed by atoms with E-state index in [4.69, 9.17) is 4.42 Å². The number of benzene rings is 1. The van der Waals surface area contributed by atoms with Crippen molar-refractivity contribution in [2.24, 2.45) is 0 Å². The molecule has 0 spiro atoms. The highest BCUT2D eigenvalue weighted by atomic mass is 32.2. The van der Waals surface area contributed by atoms with Gasteiger partial charge in [0, 0.05) is 13.5 Å². The molecule has 0 atom stereocenters. The second kappa shape index (κ2) is 6.84. The lowest BCUT2D eigenvalue weighted by atomic mass is 10.2. The molecule has 3 aromatic rings. The van der Waals surface area contributed by atoms with E-state index < -0.39 is 0 Å². The van der Waals surface area contributed by atoms with Gasteiger partial charge < -0.3 is 9.73 Å². The minimum atomic E-state index is -0.241. The first-order valence-corrected chi connectivity index (χ1v) is 8.23. The molecule has 0 aliphatic rings. The normalized spacial score (nSPS) is 10.8. The average Bonchev–Trinajstić information content (AvgIpc) is 3.13. The number of hydrogen-bond acceptors (Lipinski definition) is 8. The summed E-state index contributed by atoms with van der Waals surface area (Å²) in [6.07, 6.45) is 0. The van der Waals surface area contributed by atoms with Gasteiger partial charge in [0.05, 0.1) is 5.75 Å². The molecule has 2 heterocycles. The first kappa shape index (κ1) is 14.9. The topological polar surface area (TPSA) is 76.7 Å². The maximum absolute atomic E-state index is 12.8. The number of nitrogens with one attached hydrogen (secondary N) is 1. The van der Waals surface area contributed by atoms with Crippen LogP contribution < -0.4 is 5.32 Å². The van der Waals surface area contributed by atoms with Crippen LogP contribution in [-0.4, -0.2) is 20.4 Å². The quantitative estimate of drug-likeness (QED) is 0.692. The van der Waals surface area contributed by atoms with Gasteiger partial charge in [0.2, 0.25) is 16.9 Å². The van der Waals surface area contributed by atoms with Gasteiger partial charge in [-0.05, 0) is 17.7 Å². The first-order chi connectivity index (χ1) is 10.7. The number of nitrogens with zero attached hydrogens (tertiary/aromatic N) is 4. The van der Waals surface area contributed by atoms with Crippen LogP contribution in [0, 0.1) is 12.7 Å². The van der Waals surface area contributed by atoms with Crippen molar-refractivity contribution in [2.75, 3.05) is 5.32 Å². The molecule has 0 fully saturated rings. The molecule has 0 amide bonds. The number of aromatic nitrogens is 4. The molecule has 0 radical (unpaired) electrons. The van der Waals surface area contributed by atoms with E-state index >= 15 is 0 Å². The Morgan fingerprint density at radius 3 is 2.73 bits per heavy atom. The number of anilines is 1. The van der Waals surface area contributed by atoms with Gasteiger partial charge in [-0.1, -0.05) is 35.2 Å². The van der Waals surface area contributed by atoms with E-state index in [-0.39, 0.29) is 5.82 Å². The Bertz CT molecular complexity index is 743. The Balaban J connectivity index is 1.51. The molecule has 1 aromatic carbocycles. The molecule has 2 aromatic heterocycles. The van der Waals surface area contributed by atoms with Crippen molar-refractivity contribution < 1.29 is 8.81 Å². The number of hydrogen-bond donors (Lipinski definition) is 1. The van der Waals surface area contributed by atoms with Crippen LogP contribution in [-0.2, 0) is 12.3 Å². The number of aryl methyl sites for hydroxylation is 1. The Morgan fingerprint density at radius 1 is 1.18 bits per heavy atom. The van der Waals surface area contributed by atoms with Crippen LogP contribution in [0.3, 0.4) is 0 Å². The fourth-order valence-corrected chi connectivity index (χ4v) is 3.22. The van der Waals surface area contributed by atoms with Crippen LogP contribution >= 0.6 is 23.1 Å². The lowest BCUT2D eigenvalue weighted by molar-refractivity contribution is 0.485. The maximum atomic E-state index is 12.8. The Hall–Kier alpha value is -2.00. The highest BCUT2D eigenvalue weighted by Gasteiger charge is 2.08. The van der Waals surface area contributed by atoms with Gasteiger partial charge in [-0.2, -0.15) is 0 Å². The monoisotopic (exact) mass is 337 g/mol. The summed E-state index contributed by atoms with van der Waals surface area (Å²) in [5, 5.41) is 19.7. The number of rotatable bonds is 6. The van der Waals surface area contributed by atoms with E-state index in [9.17, 15) is 4.39 Å². The Kier molecular flexibility index (Phi) is 4.64. The van der Waals surface area contributed by atoms with Gasteiger partial charge in [0.15, 0.2) is 4.34 Å². The van der Waals surface area contributed by atoms with E-state index in [1.165, 1.54) is 35.2 Å². The van der Waals surface area contributed by atoms with Crippen molar-refractivity contribution in [3.05, 3.63) is 47.4 Å². The third kappa shape index (κ3) is 4.01. The molecule has 0 unspecified atom stereocenters. The molecule has 22 heavy (non-hydrogen) atoms. The molecule has 3 rings (SSSR count). The molecule has 0 aliphatic heterocycles. The van der Waals surface area contributed by atoms with Gasteiger partial charge in [0.1, 0.15) is 5.82 Å². The highest BCUT2D eigenvalue weighted by Crippen LogP contribution is 2.28. The zero-order valence-electron chi connectivity index (χ0n) is 11.6. The summed E-state index contributed by atoms with van der Waals surface area (Å²) in [4.78, 5) is 0. The summed E-state index contributed by atoms with van der Waals surface area (Å²) in [6.45, 7) is 2.33. The van der Waals surface area contributed by atoms with Gasteiger partial charge >= 0.3 is 0 Å². The molecule has 0 saturated heterocycles. The SMILES string of the molecule is Cc1nnc(CSc2nnc(NCc3ccc(F)cc3)s2)o1. The van der Waals surface area contributed by atoms with Crippen LogP contribution in [0.15, 0.2) is 33.0 Å². The zero-order valence-corrected chi connectivity index (χ0v) is 13.2. The fourth-order valence-electron chi connectivity index (χ4n) is 1.64. The van der Waals surface area contributed by atoms with E-state index in [1.807, 2.05) is 0 Å². The molecule has 0 saturated carbocycles. The van der Waals surface area contributed by atoms with E-state index in [0.717, 1.165) is 9.90 Å². The predicted molar refractivity (Wildman–Crippen MR) is 82.2 cm³/mol. The molecule has 6 nitrogen and oxygen atoms in total. The molecule has 0 aliphatic carbocycles. The first-order valence-electron chi connectivity index (χ1n) is 6.42. The van der Waals surface area contributed by atoms with Gasteiger partial charge in [-0.15, -0.1) is 20.4 Å². The third-order valence-electron chi connectivity index (χ3n) is 2.65. The van der Waals surface area contributed by atoms with E-state index in [2.05, 4.69) is 25.7 Å². The second-order valence-electron chi connectivity index (χ2n) is 4.36. The average molecular weight is 337 g/mol. The third-order valence-corrected chi connectivity index (χ3v) is 4.65. The Morgan fingerprint density at radius 2 is 2.00 bits per heavy atom. The minimum absolute atomic E-state index is 0.241. The zero-order chi connectivity index (χ0) is 15.4. The van der Waals surface area contributed by atoms with Crippen LogP contribution in [0.4, 0.5) is 9.52 Å². The minimum Gasteiger partial charge on any atom is -0.425 e. The van der Waals surface area contributed by atoms with Gasteiger partial charge in [0.25, 0.3) is 0 Å². The predicted octanol–water partition coefficient (Wildman–Crippen LogP) is 3.27. The van der Waals surface area contributed by atoms with Crippen molar-refractivity contribution >= 4 is 28.2 Å². The lowest BCUT2D eigenvalue weighted by Gasteiger charge is -2.01. The maximum Gasteiger partial charge on any atom is 0.226 e. The summed E-state index contributed by atoms with van der Waals surface area (Å²) in [7, 11) is 0. The lowest BCUT2D eigenvalue weighted by Crippen LogP contribution is -1.98. The standard InChI is InChI=1S/C13H12FN5OS2/c1-8-16-17-11(20-8)7-21-13-19-18-12(22-13)15-6-9-2-4-10(14)5-3-9/h2-5H,6-7H2,1H3,(H,15,18). The molecule has 9 heteroatoms. The number of halogens is 1. The molecule has 114 valence electrons. The van der Waals surface area contributed by atoms with Crippen molar-refractivity contribution in [3.63, 3.8) is 0 Å². The van der Waals surface area contributed by atoms with Crippen molar-refractivity contribution in [1.29, 1.82) is 0 Å². The summed E-state index contributed by atoms with van der Waals surface area (Å²) >= 11 is 2.94. The fraction of sp³-hybridized carbons (Fsp3) is 0.231. The van der Waals surface area contributed by atoms with Crippen LogP contribution in [0.5, 0.6) is 0 Å². The van der Waals surface area contributed by atoms with E-state index in [1.54, 1.807) is 19.1 Å². The second-order valence-corrected chi connectivity index (χ2v) is 6.56.